The van der Waals surface area contributed by atoms with E-state index in [-0.39, 0.29) is 12.1 Å². The Hall–Kier alpha value is -1.72. The predicted molar refractivity (Wildman–Crippen MR) is 82.5 cm³/mol. The fourth-order valence-corrected chi connectivity index (χ4v) is 2.83. The Morgan fingerprint density at radius 2 is 2.24 bits per heavy atom. The molecule has 0 saturated carbocycles. The van der Waals surface area contributed by atoms with E-state index in [1.54, 1.807) is 4.90 Å². The zero-order chi connectivity index (χ0) is 15.0. The Kier molecular flexibility index (Phi) is 3.78. The van der Waals surface area contributed by atoms with Crippen LogP contribution in [-0.2, 0) is 13.0 Å². The highest BCUT2D eigenvalue weighted by molar-refractivity contribution is 6.32. The van der Waals surface area contributed by atoms with Crippen molar-refractivity contribution < 1.29 is 9.90 Å². The topological polar surface area (TPSA) is 68.4 Å². The lowest BCUT2D eigenvalue weighted by atomic mass is 10.1. The molecule has 1 fully saturated rings. The quantitative estimate of drug-likeness (QED) is 0.814. The van der Waals surface area contributed by atoms with Gasteiger partial charge in [-0.05, 0) is 30.2 Å². The van der Waals surface area contributed by atoms with Gasteiger partial charge in [-0.3, -0.25) is 0 Å². The van der Waals surface area contributed by atoms with Gasteiger partial charge in [0.1, 0.15) is 0 Å². The zero-order valence-electron chi connectivity index (χ0n) is 11.8. The first-order valence-electron chi connectivity index (χ1n) is 7.07. The van der Waals surface area contributed by atoms with E-state index in [1.165, 1.54) is 0 Å². The van der Waals surface area contributed by atoms with E-state index in [2.05, 4.69) is 23.3 Å². The zero-order valence-corrected chi connectivity index (χ0v) is 12.6. The summed E-state index contributed by atoms with van der Waals surface area (Å²) in [5, 5.41) is 13.8. The molecule has 2 heterocycles. The minimum absolute atomic E-state index is 0.147. The van der Waals surface area contributed by atoms with Crippen molar-refractivity contribution in [3.05, 3.63) is 34.5 Å². The van der Waals surface area contributed by atoms with Gasteiger partial charge in [0.25, 0.3) is 0 Å². The minimum Gasteiger partial charge on any atom is -0.389 e. The van der Waals surface area contributed by atoms with Crippen molar-refractivity contribution >= 4 is 28.5 Å². The van der Waals surface area contributed by atoms with Crippen molar-refractivity contribution in [2.24, 2.45) is 0 Å². The van der Waals surface area contributed by atoms with Crippen molar-refractivity contribution in [2.45, 2.75) is 26.0 Å². The van der Waals surface area contributed by atoms with E-state index in [0.717, 1.165) is 33.6 Å². The first-order chi connectivity index (χ1) is 10.1. The van der Waals surface area contributed by atoms with Crippen molar-refractivity contribution in [3.8, 4) is 0 Å². The summed E-state index contributed by atoms with van der Waals surface area (Å²) in [7, 11) is 0. The van der Waals surface area contributed by atoms with E-state index in [0.29, 0.717) is 19.6 Å². The monoisotopic (exact) mass is 307 g/mol. The van der Waals surface area contributed by atoms with Gasteiger partial charge in [-0.1, -0.05) is 18.5 Å². The summed E-state index contributed by atoms with van der Waals surface area (Å²) in [5.41, 5.74) is 3.07. The third-order valence-electron chi connectivity index (χ3n) is 3.80. The molecule has 1 aromatic carbocycles. The molecule has 0 bridgehead atoms. The molecule has 3 N–H and O–H groups in total. The molecule has 21 heavy (non-hydrogen) atoms. The lowest BCUT2D eigenvalue weighted by molar-refractivity contribution is 0.0265. The number of β-amino-alcohol motifs (C(OH)–C–C–N with tert-alkyl or cyclic N) is 1. The fourth-order valence-electron chi connectivity index (χ4n) is 2.53. The maximum absolute atomic E-state index is 11.8. The van der Waals surface area contributed by atoms with E-state index in [1.807, 2.05) is 12.1 Å². The van der Waals surface area contributed by atoms with E-state index in [4.69, 9.17) is 11.6 Å². The summed E-state index contributed by atoms with van der Waals surface area (Å²) in [6, 6.07) is 5.84. The van der Waals surface area contributed by atoms with Crippen LogP contribution in [0.2, 0.25) is 5.02 Å². The van der Waals surface area contributed by atoms with E-state index >= 15 is 0 Å². The van der Waals surface area contributed by atoms with E-state index < -0.39 is 0 Å². The summed E-state index contributed by atoms with van der Waals surface area (Å²) < 4.78 is 0. The van der Waals surface area contributed by atoms with Crippen molar-refractivity contribution in [3.63, 3.8) is 0 Å². The lowest BCUT2D eigenvalue weighted by Crippen LogP contribution is -2.56. The highest BCUT2D eigenvalue weighted by atomic mass is 35.5. The number of carbonyl (C=O) groups is 1. The van der Waals surface area contributed by atoms with Crippen LogP contribution in [0.25, 0.3) is 10.9 Å². The third-order valence-corrected chi connectivity index (χ3v) is 4.16. The largest absolute Gasteiger partial charge is 0.389 e. The van der Waals surface area contributed by atoms with Crippen LogP contribution in [0.5, 0.6) is 0 Å². The number of halogens is 1. The van der Waals surface area contributed by atoms with Crippen molar-refractivity contribution in [2.75, 3.05) is 13.1 Å². The predicted octanol–water partition coefficient (Wildman–Crippen LogP) is 2.27. The maximum atomic E-state index is 11.8. The number of likely N-dealkylation sites (tertiary alicyclic amines) is 1. The number of aromatic nitrogens is 1. The molecule has 0 atom stereocenters. The van der Waals surface area contributed by atoms with Gasteiger partial charge in [0.15, 0.2) is 0 Å². The number of fused-ring (bicyclic) bond motifs is 1. The highest BCUT2D eigenvalue weighted by Crippen LogP contribution is 2.25. The number of urea groups is 1. The SMILES string of the molecule is CCc1cc2[nH]c(CNC(=O)N3CC(O)C3)cc2cc1Cl. The Labute approximate surface area is 127 Å². The molecular weight excluding hydrogens is 290 g/mol. The number of nitrogens with one attached hydrogen (secondary N) is 2. The number of aliphatic hydroxyl groups is 1. The number of amides is 2. The van der Waals surface area contributed by atoms with Gasteiger partial charge in [-0.25, -0.2) is 4.79 Å². The van der Waals surface area contributed by atoms with Crippen LogP contribution in [0, 0.1) is 0 Å². The van der Waals surface area contributed by atoms with Crippen molar-refractivity contribution in [1.82, 2.24) is 15.2 Å². The number of aliphatic hydroxyl groups excluding tert-OH is 1. The van der Waals surface area contributed by atoms with Crippen LogP contribution < -0.4 is 5.32 Å². The molecule has 6 heteroatoms. The average molecular weight is 308 g/mol. The fraction of sp³-hybridized carbons (Fsp3) is 0.400. The second-order valence-corrected chi connectivity index (χ2v) is 5.80. The van der Waals surface area contributed by atoms with Gasteiger partial charge in [0.2, 0.25) is 0 Å². The smallest absolute Gasteiger partial charge is 0.317 e. The van der Waals surface area contributed by atoms with Gasteiger partial charge >= 0.3 is 6.03 Å². The molecule has 0 radical (unpaired) electrons. The Bertz CT molecular complexity index is 677. The summed E-state index contributed by atoms with van der Waals surface area (Å²) >= 11 is 6.21. The number of hydrogen-bond acceptors (Lipinski definition) is 2. The summed E-state index contributed by atoms with van der Waals surface area (Å²) in [4.78, 5) is 16.7. The third kappa shape index (κ3) is 2.84. The second-order valence-electron chi connectivity index (χ2n) is 5.40. The summed E-state index contributed by atoms with van der Waals surface area (Å²) in [6.07, 6.45) is 0.510. The number of nitrogens with zero attached hydrogens (tertiary/aromatic N) is 1. The number of H-pyrrole nitrogens is 1. The molecule has 3 rings (SSSR count). The number of rotatable bonds is 3. The van der Waals surface area contributed by atoms with E-state index in [9.17, 15) is 9.90 Å². The Morgan fingerprint density at radius 3 is 2.90 bits per heavy atom. The molecule has 1 aliphatic heterocycles. The summed E-state index contributed by atoms with van der Waals surface area (Å²) in [5.74, 6) is 0. The highest BCUT2D eigenvalue weighted by Gasteiger charge is 2.28. The average Bonchev–Trinajstić information content (AvgIpc) is 2.82. The standard InChI is InChI=1S/C15H18ClN3O2/c1-2-9-5-14-10(4-13(9)16)3-11(18-14)6-17-15(21)19-7-12(20)8-19/h3-5,12,18,20H,2,6-8H2,1H3,(H,17,21). The molecule has 0 aliphatic carbocycles. The minimum atomic E-state index is -0.376. The number of hydrogen-bond donors (Lipinski definition) is 3. The Morgan fingerprint density at radius 1 is 1.48 bits per heavy atom. The number of aromatic amines is 1. The van der Waals surface area contributed by atoms with Crippen LogP contribution >= 0.6 is 11.6 Å². The molecule has 1 saturated heterocycles. The maximum Gasteiger partial charge on any atom is 0.317 e. The van der Waals surface area contributed by atoms with Gasteiger partial charge in [0, 0.05) is 21.6 Å². The van der Waals surface area contributed by atoms with Gasteiger partial charge < -0.3 is 20.3 Å². The normalized spacial score (nSPS) is 15.3. The molecular formula is C15H18ClN3O2. The van der Waals surface area contributed by atoms with Crippen LogP contribution in [0.3, 0.4) is 0 Å². The first-order valence-corrected chi connectivity index (χ1v) is 7.45. The van der Waals surface area contributed by atoms with Crippen LogP contribution in [-0.4, -0.2) is 40.2 Å². The summed E-state index contributed by atoms with van der Waals surface area (Å²) in [6.45, 7) is 3.32. The molecule has 1 aromatic heterocycles. The van der Waals surface area contributed by atoms with Crippen molar-refractivity contribution in [1.29, 1.82) is 0 Å². The number of benzene rings is 1. The lowest BCUT2D eigenvalue weighted by Gasteiger charge is -2.35. The van der Waals surface area contributed by atoms with Gasteiger partial charge in [-0.2, -0.15) is 0 Å². The van der Waals surface area contributed by atoms with Gasteiger partial charge in [0.05, 0.1) is 25.7 Å². The Balaban J connectivity index is 1.68. The molecule has 0 unspecified atom stereocenters. The first kappa shape index (κ1) is 14.2. The molecule has 112 valence electrons. The van der Waals surface area contributed by atoms with Crippen LogP contribution in [0.15, 0.2) is 18.2 Å². The second kappa shape index (κ2) is 5.58. The van der Waals surface area contributed by atoms with Gasteiger partial charge in [-0.15, -0.1) is 0 Å². The molecule has 0 spiro atoms. The van der Waals surface area contributed by atoms with Crippen LogP contribution in [0.1, 0.15) is 18.2 Å². The number of aryl methyl sites for hydroxylation is 1. The number of carbonyl (C=O) groups excluding carboxylic acids is 1. The molecule has 2 amide bonds. The molecule has 5 nitrogen and oxygen atoms in total. The molecule has 2 aromatic rings. The molecule has 1 aliphatic rings. The van der Waals surface area contributed by atoms with Crippen LogP contribution in [0.4, 0.5) is 4.79 Å².